The van der Waals surface area contributed by atoms with Crippen molar-refractivity contribution in [1.82, 2.24) is 24.6 Å². The summed E-state index contributed by atoms with van der Waals surface area (Å²) in [6, 6.07) is 12.4. The smallest absolute Gasteiger partial charge is 0.230 e. The quantitative estimate of drug-likeness (QED) is 0.562. The highest BCUT2D eigenvalue weighted by Gasteiger charge is 2.19. The predicted octanol–water partition coefficient (Wildman–Crippen LogP) is 2.89. The minimum Gasteiger partial charge on any atom is -0.376 e. The first-order valence-corrected chi connectivity index (χ1v) is 11.2. The van der Waals surface area contributed by atoms with Crippen molar-refractivity contribution in [3.05, 3.63) is 59.7 Å². The molecular weight excluding hydrogens is 398 g/mol. The summed E-state index contributed by atoms with van der Waals surface area (Å²) in [6.07, 6.45) is 4.91. The number of amides is 1. The lowest BCUT2D eigenvalue weighted by Crippen LogP contribution is -2.32. The van der Waals surface area contributed by atoms with Crippen LogP contribution in [0.25, 0.3) is 5.69 Å². The van der Waals surface area contributed by atoms with Gasteiger partial charge in [0.05, 0.1) is 11.9 Å². The number of aryl methyl sites for hydroxylation is 2. The van der Waals surface area contributed by atoms with Crippen LogP contribution in [-0.4, -0.2) is 50.2 Å². The number of nitrogens with one attached hydrogen (secondary N) is 1. The highest BCUT2D eigenvalue weighted by atomic mass is 32.2. The van der Waals surface area contributed by atoms with Crippen molar-refractivity contribution >= 4 is 17.7 Å². The minimum atomic E-state index is -0.0158. The Morgan fingerprint density at radius 2 is 2.10 bits per heavy atom. The molecule has 2 aromatic heterocycles. The second kappa shape index (κ2) is 9.49. The summed E-state index contributed by atoms with van der Waals surface area (Å²) >= 11 is 1.40. The maximum absolute atomic E-state index is 12.3. The van der Waals surface area contributed by atoms with Crippen molar-refractivity contribution in [2.45, 2.75) is 37.4 Å². The van der Waals surface area contributed by atoms with E-state index in [4.69, 9.17) is 4.74 Å². The molecule has 1 fully saturated rings. The number of benzene rings is 1. The van der Waals surface area contributed by atoms with Crippen LogP contribution in [-0.2, 0) is 23.0 Å². The molecule has 3 aromatic rings. The molecule has 1 N–H and O–H groups in total. The van der Waals surface area contributed by atoms with Crippen molar-refractivity contribution < 1.29 is 9.53 Å². The summed E-state index contributed by atoms with van der Waals surface area (Å²) < 4.78 is 9.69. The van der Waals surface area contributed by atoms with Gasteiger partial charge in [-0.3, -0.25) is 9.36 Å². The Bertz CT molecular complexity index is 989. The number of carbonyl (C=O) groups is 1. The van der Waals surface area contributed by atoms with E-state index in [2.05, 4.69) is 57.3 Å². The third-order valence-electron chi connectivity index (χ3n) is 5.27. The summed E-state index contributed by atoms with van der Waals surface area (Å²) in [5.41, 5.74) is 3.34. The normalized spacial score (nSPS) is 16.1. The molecule has 158 valence electrons. The molecule has 1 atom stereocenters. The van der Waals surface area contributed by atoms with Crippen LogP contribution >= 0.6 is 11.8 Å². The van der Waals surface area contributed by atoms with Crippen molar-refractivity contribution in [1.29, 1.82) is 0 Å². The maximum Gasteiger partial charge on any atom is 0.230 e. The van der Waals surface area contributed by atoms with E-state index in [1.165, 1.54) is 17.3 Å². The second-order valence-corrected chi connectivity index (χ2v) is 8.53. The van der Waals surface area contributed by atoms with Gasteiger partial charge in [0.2, 0.25) is 5.91 Å². The predicted molar refractivity (Wildman–Crippen MR) is 117 cm³/mol. The fraction of sp³-hybridized carbons (Fsp3) is 0.409. The molecule has 1 aliphatic heterocycles. The van der Waals surface area contributed by atoms with E-state index in [1.807, 2.05) is 23.9 Å². The SMILES string of the molecule is Cc1ccc(-n2c(Cc3cccn3C)nnc2SCC(=O)NCC2CCCO2)cc1. The average molecular weight is 426 g/mol. The molecule has 0 spiro atoms. The van der Waals surface area contributed by atoms with E-state index in [0.29, 0.717) is 18.7 Å². The van der Waals surface area contributed by atoms with Crippen LogP contribution < -0.4 is 5.32 Å². The minimum absolute atomic E-state index is 0.0158. The molecule has 1 amide bonds. The number of thioether (sulfide) groups is 1. The van der Waals surface area contributed by atoms with Crippen LogP contribution in [0.1, 0.15) is 29.9 Å². The van der Waals surface area contributed by atoms with Crippen molar-refractivity contribution in [2.24, 2.45) is 7.05 Å². The summed E-state index contributed by atoms with van der Waals surface area (Å²) in [7, 11) is 2.02. The van der Waals surface area contributed by atoms with E-state index in [9.17, 15) is 4.79 Å². The van der Waals surface area contributed by atoms with Gasteiger partial charge in [-0.2, -0.15) is 0 Å². The molecule has 0 bridgehead atoms. The first-order valence-electron chi connectivity index (χ1n) is 10.2. The fourth-order valence-corrected chi connectivity index (χ4v) is 4.32. The van der Waals surface area contributed by atoms with Crippen molar-refractivity contribution in [2.75, 3.05) is 18.9 Å². The topological polar surface area (TPSA) is 74.0 Å². The van der Waals surface area contributed by atoms with Crippen molar-refractivity contribution in [3.8, 4) is 5.69 Å². The Labute approximate surface area is 180 Å². The Kier molecular flexibility index (Phi) is 6.54. The number of rotatable bonds is 8. The second-order valence-electron chi connectivity index (χ2n) is 7.58. The summed E-state index contributed by atoms with van der Waals surface area (Å²) in [6.45, 7) is 3.43. The van der Waals surface area contributed by atoms with Gasteiger partial charge in [0, 0.05) is 44.2 Å². The van der Waals surface area contributed by atoms with Crippen LogP contribution in [0, 0.1) is 6.92 Å². The van der Waals surface area contributed by atoms with Gasteiger partial charge in [0.15, 0.2) is 5.16 Å². The van der Waals surface area contributed by atoms with E-state index >= 15 is 0 Å². The molecule has 0 saturated carbocycles. The van der Waals surface area contributed by atoms with Gasteiger partial charge >= 0.3 is 0 Å². The molecule has 4 rings (SSSR count). The molecule has 1 aliphatic rings. The fourth-order valence-electron chi connectivity index (χ4n) is 3.52. The van der Waals surface area contributed by atoms with Crippen LogP contribution in [0.2, 0.25) is 0 Å². The number of aromatic nitrogens is 4. The molecule has 3 heterocycles. The number of ether oxygens (including phenoxy) is 1. The lowest BCUT2D eigenvalue weighted by Gasteiger charge is -2.12. The first kappa shape index (κ1) is 20.7. The van der Waals surface area contributed by atoms with Gasteiger partial charge in [-0.1, -0.05) is 29.5 Å². The zero-order chi connectivity index (χ0) is 20.9. The summed E-state index contributed by atoms with van der Waals surface area (Å²) in [5.74, 6) is 1.13. The average Bonchev–Trinajstić information content (AvgIpc) is 3.48. The Morgan fingerprint density at radius 1 is 1.27 bits per heavy atom. The maximum atomic E-state index is 12.3. The third-order valence-corrected chi connectivity index (χ3v) is 6.20. The molecule has 1 unspecified atom stereocenters. The zero-order valence-electron chi connectivity index (χ0n) is 17.4. The zero-order valence-corrected chi connectivity index (χ0v) is 18.2. The van der Waals surface area contributed by atoms with Gasteiger partial charge in [-0.05, 0) is 44.0 Å². The molecule has 1 aromatic carbocycles. The monoisotopic (exact) mass is 425 g/mol. The lowest BCUT2D eigenvalue weighted by atomic mass is 10.2. The van der Waals surface area contributed by atoms with Crippen molar-refractivity contribution in [3.63, 3.8) is 0 Å². The first-order chi connectivity index (χ1) is 14.6. The van der Waals surface area contributed by atoms with E-state index in [1.54, 1.807) is 0 Å². The molecule has 0 radical (unpaired) electrons. The highest BCUT2D eigenvalue weighted by Crippen LogP contribution is 2.24. The molecule has 8 heteroatoms. The van der Waals surface area contributed by atoms with Gasteiger partial charge in [-0.15, -0.1) is 10.2 Å². The van der Waals surface area contributed by atoms with Crippen LogP contribution in [0.3, 0.4) is 0 Å². The summed E-state index contributed by atoms with van der Waals surface area (Å²) in [5, 5.41) is 12.5. The Hall–Kier alpha value is -2.58. The van der Waals surface area contributed by atoms with Gasteiger partial charge in [-0.25, -0.2) is 0 Å². The molecule has 7 nitrogen and oxygen atoms in total. The van der Waals surface area contributed by atoms with Crippen LogP contribution in [0.5, 0.6) is 0 Å². The lowest BCUT2D eigenvalue weighted by molar-refractivity contribution is -0.119. The number of carbonyl (C=O) groups excluding carboxylic acids is 1. The number of hydrogen-bond acceptors (Lipinski definition) is 5. The van der Waals surface area contributed by atoms with Gasteiger partial charge in [0.1, 0.15) is 5.82 Å². The molecular formula is C22H27N5O2S. The van der Waals surface area contributed by atoms with E-state index in [-0.39, 0.29) is 12.0 Å². The highest BCUT2D eigenvalue weighted by molar-refractivity contribution is 7.99. The Morgan fingerprint density at radius 3 is 2.80 bits per heavy atom. The van der Waals surface area contributed by atoms with E-state index < -0.39 is 0 Å². The third kappa shape index (κ3) is 4.94. The summed E-state index contributed by atoms with van der Waals surface area (Å²) in [4.78, 5) is 12.3. The molecule has 30 heavy (non-hydrogen) atoms. The van der Waals surface area contributed by atoms with Gasteiger partial charge < -0.3 is 14.6 Å². The number of hydrogen-bond donors (Lipinski definition) is 1. The van der Waals surface area contributed by atoms with Gasteiger partial charge in [0.25, 0.3) is 0 Å². The Balaban J connectivity index is 1.49. The largest absolute Gasteiger partial charge is 0.376 e. The molecule has 0 aliphatic carbocycles. The van der Waals surface area contributed by atoms with E-state index in [0.717, 1.165) is 41.8 Å². The molecule has 1 saturated heterocycles. The van der Waals surface area contributed by atoms with Crippen LogP contribution in [0.4, 0.5) is 0 Å². The standard InChI is InChI=1S/C22H27N5O2S/c1-16-7-9-17(10-8-16)27-20(13-18-5-3-11-26(18)2)24-25-22(27)30-15-21(28)23-14-19-6-4-12-29-19/h3,5,7-11,19H,4,6,12-15H2,1-2H3,(H,23,28). The number of nitrogens with zero attached hydrogens (tertiary/aromatic N) is 4. The van der Waals surface area contributed by atoms with Crippen LogP contribution in [0.15, 0.2) is 47.8 Å².